The number of carbonyl (C=O) groups excluding carboxylic acids is 1. The van der Waals surface area contributed by atoms with Gasteiger partial charge in [0, 0.05) is 37.8 Å². The second kappa shape index (κ2) is 8.36. The fourth-order valence-corrected chi connectivity index (χ4v) is 2.94. The summed E-state index contributed by atoms with van der Waals surface area (Å²) in [5, 5.41) is 6.02. The van der Waals surface area contributed by atoms with Gasteiger partial charge >= 0.3 is 6.03 Å². The average molecular weight is 323 g/mol. The second-order valence-electron chi connectivity index (χ2n) is 6.58. The van der Waals surface area contributed by atoms with Crippen molar-refractivity contribution in [3.63, 3.8) is 0 Å². The molecule has 0 spiro atoms. The van der Waals surface area contributed by atoms with Crippen LogP contribution in [0.3, 0.4) is 0 Å². The molecule has 0 aliphatic carbocycles. The molecule has 1 aromatic rings. The number of nitrogens with zero attached hydrogens (tertiary/aromatic N) is 1. The van der Waals surface area contributed by atoms with Crippen molar-refractivity contribution in [2.75, 3.05) is 33.9 Å². The van der Waals surface area contributed by atoms with Gasteiger partial charge in [-0.25, -0.2) is 4.79 Å². The highest BCUT2D eigenvalue weighted by Crippen LogP contribution is 2.24. The minimum atomic E-state index is -0.107. The molecule has 2 N–H and O–H groups in total. The fraction of sp³-hybridized carbons (Fsp3) is 0.706. The highest BCUT2D eigenvalue weighted by molar-refractivity contribution is 5.74. The third-order valence-corrected chi connectivity index (χ3v) is 4.73. The molecule has 2 rings (SSSR count). The van der Waals surface area contributed by atoms with Crippen LogP contribution >= 0.6 is 0 Å². The van der Waals surface area contributed by atoms with Gasteiger partial charge in [0.15, 0.2) is 0 Å². The number of hydrogen-bond donors (Lipinski definition) is 2. The predicted molar refractivity (Wildman–Crippen MR) is 89.5 cm³/mol. The first-order valence-electron chi connectivity index (χ1n) is 8.34. The van der Waals surface area contributed by atoms with Crippen LogP contribution in [0.5, 0.6) is 0 Å². The van der Waals surface area contributed by atoms with E-state index in [2.05, 4.69) is 29.6 Å². The molecule has 0 radical (unpaired) electrons. The average Bonchev–Trinajstić information content (AvgIpc) is 3.05. The molecular formula is C17H29N3O3. The molecule has 1 fully saturated rings. The Morgan fingerprint density at radius 2 is 2.13 bits per heavy atom. The Morgan fingerprint density at radius 3 is 2.74 bits per heavy atom. The zero-order valence-electron chi connectivity index (χ0n) is 14.4. The Bertz CT molecular complexity index is 467. The van der Waals surface area contributed by atoms with Crippen LogP contribution in [0.1, 0.15) is 31.9 Å². The molecule has 1 aliphatic rings. The Kier molecular flexibility index (Phi) is 6.47. The lowest BCUT2D eigenvalue weighted by atomic mass is 9.88. The first-order chi connectivity index (χ1) is 11.0. The van der Waals surface area contributed by atoms with E-state index < -0.39 is 0 Å². The maximum atomic E-state index is 12.1. The number of nitrogens with one attached hydrogen (secondary N) is 2. The van der Waals surface area contributed by atoms with Gasteiger partial charge in [-0.15, -0.1) is 0 Å². The van der Waals surface area contributed by atoms with Gasteiger partial charge in [0.2, 0.25) is 0 Å². The highest BCUT2D eigenvalue weighted by atomic mass is 16.5. The molecule has 130 valence electrons. The van der Waals surface area contributed by atoms with E-state index in [0.717, 1.165) is 44.7 Å². The van der Waals surface area contributed by atoms with Crippen LogP contribution in [-0.2, 0) is 11.2 Å². The quantitative estimate of drug-likeness (QED) is 0.805. The molecule has 0 bridgehead atoms. The molecule has 2 heterocycles. The van der Waals surface area contributed by atoms with Crippen LogP contribution in [0, 0.1) is 0 Å². The van der Waals surface area contributed by atoms with Crippen molar-refractivity contribution in [3.8, 4) is 0 Å². The van der Waals surface area contributed by atoms with Crippen molar-refractivity contribution in [1.82, 2.24) is 15.5 Å². The number of hydrogen-bond acceptors (Lipinski definition) is 4. The maximum Gasteiger partial charge on any atom is 0.315 e. The Morgan fingerprint density at radius 1 is 1.39 bits per heavy atom. The zero-order chi connectivity index (χ0) is 16.7. The number of ether oxygens (including phenoxy) is 1. The molecule has 1 saturated heterocycles. The molecule has 1 aromatic heterocycles. The largest absolute Gasteiger partial charge is 0.469 e. The lowest BCUT2D eigenvalue weighted by molar-refractivity contribution is -0.00574. The Balaban J connectivity index is 1.72. The Labute approximate surface area is 138 Å². The topological polar surface area (TPSA) is 66.7 Å². The highest BCUT2D eigenvalue weighted by Gasteiger charge is 2.35. The van der Waals surface area contributed by atoms with Gasteiger partial charge in [-0.3, -0.25) is 0 Å². The monoisotopic (exact) mass is 323 g/mol. The van der Waals surface area contributed by atoms with Crippen LogP contribution in [0.4, 0.5) is 4.79 Å². The summed E-state index contributed by atoms with van der Waals surface area (Å²) in [4.78, 5) is 14.3. The first-order valence-corrected chi connectivity index (χ1v) is 8.34. The fourth-order valence-electron chi connectivity index (χ4n) is 2.94. The minimum absolute atomic E-state index is 0.00695. The molecule has 1 aliphatic heterocycles. The van der Waals surface area contributed by atoms with Gasteiger partial charge in [-0.1, -0.05) is 0 Å². The van der Waals surface area contributed by atoms with Crippen LogP contribution < -0.4 is 10.6 Å². The summed E-state index contributed by atoms with van der Waals surface area (Å²) < 4.78 is 10.8. The van der Waals surface area contributed by atoms with Crippen LogP contribution in [0.25, 0.3) is 0 Å². The van der Waals surface area contributed by atoms with Crippen molar-refractivity contribution < 1.29 is 13.9 Å². The summed E-state index contributed by atoms with van der Waals surface area (Å²) in [6, 6.07) is 3.84. The van der Waals surface area contributed by atoms with E-state index in [1.54, 1.807) is 6.26 Å². The summed E-state index contributed by atoms with van der Waals surface area (Å²) in [5.41, 5.74) is -0.00695. The van der Waals surface area contributed by atoms with Gasteiger partial charge in [0.25, 0.3) is 0 Å². The lowest BCUT2D eigenvalue weighted by Gasteiger charge is -2.42. The molecule has 2 amide bonds. The molecule has 0 unspecified atom stereocenters. The van der Waals surface area contributed by atoms with Crippen molar-refractivity contribution in [3.05, 3.63) is 24.2 Å². The number of rotatable bonds is 7. The molecule has 23 heavy (non-hydrogen) atoms. The summed E-state index contributed by atoms with van der Waals surface area (Å²) in [7, 11) is 4.13. The van der Waals surface area contributed by atoms with Gasteiger partial charge in [0.05, 0.1) is 6.26 Å². The van der Waals surface area contributed by atoms with Crippen LogP contribution in [0.2, 0.25) is 0 Å². The molecule has 0 aromatic carbocycles. The van der Waals surface area contributed by atoms with Crippen molar-refractivity contribution in [2.45, 2.75) is 44.2 Å². The van der Waals surface area contributed by atoms with E-state index in [1.807, 2.05) is 19.1 Å². The molecular weight excluding hydrogens is 294 g/mol. The number of aryl methyl sites for hydroxylation is 1. The number of urea groups is 1. The van der Waals surface area contributed by atoms with E-state index in [1.165, 1.54) is 0 Å². The summed E-state index contributed by atoms with van der Waals surface area (Å²) in [6.45, 7) is 4.15. The van der Waals surface area contributed by atoms with E-state index in [4.69, 9.17) is 9.15 Å². The van der Waals surface area contributed by atoms with Gasteiger partial charge in [0.1, 0.15) is 5.76 Å². The summed E-state index contributed by atoms with van der Waals surface area (Å²) >= 11 is 0. The number of carbonyl (C=O) groups is 1. The second-order valence-corrected chi connectivity index (χ2v) is 6.58. The van der Waals surface area contributed by atoms with Crippen LogP contribution in [0.15, 0.2) is 22.8 Å². The van der Waals surface area contributed by atoms with E-state index in [-0.39, 0.29) is 17.6 Å². The SMILES string of the molecule is C[C@@H](CCc1ccco1)NC(=O)NCC1(N(C)C)CCOCC1. The maximum absolute atomic E-state index is 12.1. The van der Waals surface area contributed by atoms with Gasteiger partial charge in [-0.2, -0.15) is 0 Å². The molecule has 6 heteroatoms. The molecule has 1 atom stereocenters. The summed E-state index contributed by atoms with van der Waals surface area (Å²) in [5.74, 6) is 0.952. The number of amides is 2. The van der Waals surface area contributed by atoms with E-state index in [9.17, 15) is 4.79 Å². The van der Waals surface area contributed by atoms with E-state index in [0.29, 0.717) is 6.54 Å². The number of furan rings is 1. The third-order valence-electron chi connectivity index (χ3n) is 4.73. The molecule has 0 saturated carbocycles. The van der Waals surface area contributed by atoms with Gasteiger partial charge < -0.3 is 24.7 Å². The zero-order valence-corrected chi connectivity index (χ0v) is 14.4. The Hall–Kier alpha value is -1.53. The third kappa shape index (κ3) is 5.25. The normalized spacial score (nSPS) is 18.6. The molecule has 6 nitrogen and oxygen atoms in total. The van der Waals surface area contributed by atoms with E-state index >= 15 is 0 Å². The van der Waals surface area contributed by atoms with Crippen molar-refractivity contribution in [1.29, 1.82) is 0 Å². The first kappa shape index (κ1) is 17.8. The van der Waals surface area contributed by atoms with Gasteiger partial charge in [-0.05, 0) is 52.4 Å². The number of likely N-dealkylation sites (N-methyl/N-ethyl adjacent to an activating group) is 1. The lowest BCUT2D eigenvalue weighted by Crippen LogP contribution is -2.57. The smallest absolute Gasteiger partial charge is 0.315 e. The minimum Gasteiger partial charge on any atom is -0.469 e. The van der Waals surface area contributed by atoms with Crippen molar-refractivity contribution in [2.24, 2.45) is 0 Å². The summed E-state index contributed by atoms with van der Waals surface area (Å²) in [6.07, 6.45) is 5.23. The standard InChI is InChI=1S/C17H29N3O3/c1-14(6-7-15-5-4-10-23-15)19-16(21)18-13-17(20(2)3)8-11-22-12-9-17/h4-5,10,14H,6-9,11-13H2,1-3H3,(H2,18,19,21)/t14-/m0/s1. The van der Waals surface area contributed by atoms with Crippen molar-refractivity contribution >= 4 is 6.03 Å². The van der Waals surface area contributed by atoms with Crippen LogP contribution in [-0.4, -0.2) is 56.4 Å². The predicted octanol–water partition coefficient (Wildman–Crippen LogP) is 2.01.